The van der Waals surface area contributed by atoms with Gasteiger partial charge >= 0.3 is 0 Å². The third-order valence-corrected chi connectivity index (χ3v) is 2.13. The van der Waals surface area contributed by atoms with Gasteiger partial charge < -0.3 is 10.5 Å². The summed E-state index contributed by atoms with van der Waals surface area (Å²) in [6, 6.07) is 3.36. The monoisotopic (exact) mass is 219 g/mol. The van der Waals surface area contributed by atoms with Crippen molar-refractivity contribution in [3.63, 3.8) is 0 Å². The molecule has 0 amide bonds. The van der Waals surface area contributed by atoms with E-state index in [-0.39, 0.29) is 6.04 Å². The van der Waals surface area contributed by atoms with Crippen molar-refractivity contribution in [1.29, 1.82) is 0 Å². The largest absolute Gasteiger partial charge is 0.480 e. The number of methoxy groups -OCH3 is 1. The second-order valence-electron chi connectivity index (χ2n) is 3.36. The van der Waals surface area contributed by atoms with Gasteiger partial charge in [-0.05, 0) is 13.0 Å². The van der Waals surface area contributed by atoms with E-state index in [4.69, 9.17) is 10.5 Å². The molecule has 1 atom stereocenters. The second kappa shape index (κ2) is 4.28. The summed E-state index contributed by atoms with van der Waals surface area (Å²) in [5, 5.41) is 4.21. The molecule has 6 heteroatoms. The van der Waals surface area contributed by atoms with Gasteiger partial charge in [-0.1, -0.05) is 0 Å². The Bertz CT molecular complexity index is 465. The predicted octanol–water partition coefficient (Wildman–Crippen LogP) is 0.691. The fourth-order valence-corrected chi connectivity index (χ4v) is 1.36. The first kappa shape index (κ1) is 10.6. The Labute approximate surface area is 93.1 Å². The molecule has 0 saturated carbocycles. The number of hydrogen-bond acceptors (Lipinski definition) is 5. The van der Waals surface area contributed by atoms with Gasteiger partial charge in [-0.25, -0.2) is 9.97 Å². The summed E-state index contributed by atoms with van der Waals surface area (Å²) < 4.78 is 6.65. The molecule has 0 aromatic carbocycles. The van der Waals surface area contributed by atoms with Gasteiger partial charge in [0, 0.05) is 24.5 Å². The molecule has 2 aromatic rings. The Hall–Kier alpha value is -1.95. The van der Waals surface area contributed by atoms with Crippen molar-refractivity contribution < 1.29 is 4.74 Å². The molecule has 2 aromatic heterocycles. The van der Waals surface area contributed by atoms with Gasteiger partial charge in [0.2, 0.25) is 5.88 Å². The van der Waals surface area contributed by atoms with Crippen molar-refractivity contribution in [2.75, 3.05) is 7.11 Å². The first-order valence-corrected chi connectivity index (χ1v) is 4.89. The zero-order valence-corrected chi connectivity index (χ0v) is 9.16. The van der Waals surface area contributed by atoms with E-state index in [1.807, 2.05) is 6.92 Å². The summed E-state index contributed by atoms with van der Waals surface area (Å²) in [7, 11) is 1.56. The quantitative estimate of drug-likeness (QED) is 0.821. The van der Waals surface area contributed by atoms with Crippen molar-refractivity contribution in [3.8, 4) is 11.8 Å². The number of aromatic nitrogens is 4. The third kappa shape index (κ3) is 1.87. The lowest BCUT2D eigenvalue weighted by atomic mass is 10.2. The summed E-state index contributed by atoms with van der Waals surface area (Å²) >= 11 is 0. The van der Waals surface area contributed by atoms with Crippen LogP contribution in [0, 0.1) is 0 Å². The number of ether oxygens (including phenoxy) is 1. The van der Waals surface area contributed by atoms with Crippen LogP contribution in [-0.4, -0.2) is 26.9 Å². The minimum Gasteiger partial charge on any atom is -0.480 e. The van der Waals surface area contributed by atoms with Crippen LogP contribution in [0.1, 0.15) is 18.7 Å². The molecule has 0 spiro atoms. The van der Waals surface area contributed by atoms with E-state index in [9.17, 15) is 0 Å². The van der Waals surface area contributed by atoms with Crippen molar-refractivity contribution in [3.05, 3.63) is 30.2 Å². The lowest BCUT2D eigenvalue weighted by Crippen LogP contribution is -2.13. The average Bonchev–Trinajstić information content (AvgIpc) is 2.74. The number of nitrogens with two attached hydrogens (primary N) is 1. The highest BCUT2D eigenvalue weighted by molar-refractivity contribution is 5.24. The number of nitrogens with zero attached hydrogens (tertiary/aromatic N) is 4. The molecular formula is C10H13N5O. The Morgan fingerprint density at radius 3 is 2.62 bits per heavy atom. The van der Waals surface area contributed by atoms with Gasteiger partial charge in [0.1, 0.15) is 0 Å². The molecule has 1 unspecified atom stereocenters. The fraction of sp³-hybridized carbons (Fsp3) is 0.300. The van der Waals surface area contributed by atoms with E-state index in [0.717, 1.165) is 5.69 Å². The lowest BCUT2D eigenvalue weighted by molar-refractivity contribution is 0.393. The van der Waals surface area contributed by atoms with Gasteiger partial charge in [0.15, 0.2) is 0 Å². The number of hydrogen-bond donors (Lipinski definition) is 1. The first-order chi connectivity index (χ1) is 7.72. The highest BCUT2D eigenvalue weighted by Crippen LogP contribution is 2.18. The highest BCUT2D eigenvalue weighted by atomic mass is 16.5. The van der Waals surface area contributed by atoms with Crippen LogP contribution in [0.4, 0.5) is 0 Å². The van der Waals surface area contributed by atoms with E-state index in [1.165, 1.54) is 0 Å². The molecule has 84 valence electrons. The number of rotatable bonds is 3. The molecule has 16 heavy (non-hydrogen) atoms. The van der Waals surface area contributed by atoms with Crippen molar-refractivity contribution >= 4 is 0 Å². The Morgan fingerprint density at radius 2 is 2.06 bits per heavy atom. The van der Waals surface area contributed by atoms with Crippen LogP contribution in [0.5, 0.6) is 5.88 Å². The third-order valence-electron chi connectivity index (χ3n) is 2.13. The molecule has 6 nitrogen and oxygen atoms in total. The van der Waals surface area contributed by atoms with Crippen LogP contribution in [-0.2, 0) is 0 Å². The molecule has 2 N–H and O–H groups in total. The van der Waals surface area contributed by atoms with Gasteiger partial charge in [0.05, 0.1) is 12.8 Å². The van der Waals surface area contributed by atoms with E-state index >= 15 is 0 Å². The molecule has 0 aliphatic carbocycles. The lowest BCUT2D eigenvalue weighted by Gasteiger charge is -2.06. The maximum absolute atomic E-state index is 5.85. The Balaban J connectivity index is 2.51. The summed E-state index contributed by atoms with van der Waals surface area (Å²) in [6.45, 7) is 1.87. The average molecular weight is 219 g/mol. The fourth-order valence-electron chi connectivity index (χ4n) is 1.36. The second-order valence-corrected chi connectivity index (χ2v) is 3.36. The van der Waals surface area contributed by atoms with Crippen molar-refractivity contribution in [2.24, 2.45) is 5.73 Å². The summed E-state index contributed by atoms with van der Waals surface area (Å²) in [4.78, 5) is 8.24. The minimum absolute atomic E-state index is 0.166. The Kier molecular flexibility index (Phi) is 2.82. The molecule has 0 aliphatic rings. The van der Waals surface area contributed by atoms with Gasteiger partial charge in [-0.3, -0.25) is 0 Å². The van der Waals surface area contributed by atoms with Gasteiger partial charge in [-0.2, -0.15) is 4.68 Å². The first-order valence-electron chi connectivity index (χ1n) is 4.89. The molecule has 0 bridgehead atoms. The van der Waals surface area contributed by atoms with Crippen LogP contribution >= 0.6 is 0 Å². The van der Waals surface area contributed by atoms with Crippen LogP contribution < -0.4 is 10.5 Å². The smallest absolute Gasteiger partial charge is 0.250 e. The summed E-state index contributed by atoms with van der Waals surface area (Å²) in [5.74, 6) is 0.984. The predicted molar refractivity (Wildman–Crippen MR) is 58.3 cm³/mol. The van der Waals surface area contributed by atoms with Crippen LogP contribution in [0.3, 0.4) is 0 Å². The maximum Gasteiger partial charge on any atom is 0.250 e. The van der Waals surface area contributed by atoms with Crippen LogP contribution in [0.25, 0.3) is 5.95 Å². The molecule has 2 heterocycles. The normalized spacial score (nSPS) is 12.4. The standard InChI is InChI=1S/C10H13N5O/c1-7(11)8-6-9(16-2)14-15(8)10-12-4-3-5-13-10/h3-7H,11H2,1-2H3. The van der Waals surface area contributed by atoms with E-state index in [2.05, 4.69) is 15.1 Å². The van der Waals surface area contributed by atoms with E-state index in [1.54, 1.807) is 36.3 Å². The topological polar surface area (TPSA) is 78.9 Å². The Morgan fingerprint density at radius 1 is 1.38 bits per heavy atom. The van der Waals surface area contributed by atoms with E-state index < -0.39 is 0 Å². The molecule has 0 fully saturated rings. The van der Waals surface area contributed by atoms with Gasteiger partial charge in [0.25, 0.3) is 5.95 Å². The van der Waals surface area contributed by atoms with Crippen LogP contribution in [0.15, 0.2) is 24.5 Å². The summed E-state index contributed by atoms with van der Waals surface area (Å²) in [6.07, 6.45) is 3.31. The van der Waals surface area contributed by atoms with Gasteiger partial charge in [-0.15, -0.1) is 5.10 Å². The van der Waals surface area contributed by atoms with Crippen LogP contribution in [0.2, 0.25) is 0 Å². The zero-order valence-electron chi connectivity index (χ0n) is 9.16. The molecule has 0 radical (unpaired) electrons. The SMILES string of the molecule is COc1cc(C(C)N)n(-c2ncccn2)n1. The van der Waals surface area contributed by atoms with Crippen molar-refractivity contribution in [1.82, 2.24) is 19.7 Å². The molecule has 0 saturated heterocycles. The van der Waals surface area contributed by atoms with E-state index in [0.29, 0.717) is 11.8 Å². The van der Waals surface area contributed by atoms with Crippen molar-refractivity contribution in [2.45, 2.75) is 13.0 Å². The highest BCUT2D eigenvalue weighted by Gasteiger charge is 2.14. The minimum atomic E-state index is -0.166. The maximum atomic E-state index is 5.85. The summed E-state index contributed by atoms with van der Waals surface area (Å²) in [5.41, 5.74) is 6.66. The molecule has 2 rings (SSSR count). The zero-order chi connectivity index (χ0) is 11.5. The molecular weight excluding hydrogens is 206 g/mol. The molecule has 0 aliphatic heterocycles.